The van der Waals surface area contributed by atoms with Gasteiger partial charge in [-0.3, -0.25) is 19.3 Å². The van der Waals surface area contributed by atoms with Gasteiger partial charge in [0, 0.05) is 6.54 Å². The van der Waals surface area contributed by atoms with Crippen molar-refractivity contribution in [2.75, 3.05) is 25.8 Å². The number of likely N-dealkylation sites (tertiary alicyclic amines) is 1. The molecule has 2 heterocycles. The van der Waals surface area contributed by atoms with Crippen molar-refractivity contribution in [3.63, 3.8) is 0 Å². The van der Waals surface area contributed by atoms with Crippen molar-refractivity contribution in [2.24, 2.45) is 11.8 Å². The molecule has 2 amide bonds. The van der Waals surface area contributed by atoms with Crippen LogP contribution in [0.2, 0.25) is 0 Å². The van der Waals surface area contributed by atoms with Crippen LogP contribution in [-0.4, -0.2) is 49.6 Å². The molecule has 3 aliphatic rings. The Hall–Kier alpha value is -3.06. The zero-order chi connectivity index (χ0) is 23.7. The quantitative estimate of drug-likeness (QED) is 0.577. The second kappa shape index (κ2) is 9.66. The van der Waals surface area contributed by atoms with Gasteiger partial charge in [0.1, 0.15) is 0 Å². The van der Waals surface area contributed by atoms with Gasteiger partial charge in [-0.2, -0.15) is 0 Å². The fraction of sp³-hybridized carbons (Fsp3) is 0.481. The zero-order valence-corrected chi connectivity index (χ0v) is 19.8. The molecule has 0 radical (unpaired) electrons. The number of methoxy groups -OCH3 is 2. The van der Waals surface area contributed by atoms with Crippen LogP contribution >= 0.6 is 0 Å². The van der Waals surface area contributed by atoms with Crippen LogP contribution in [0.3, 0.4) is 0 Å². The van der Waals surface area contributed by atoms with Gasteiger partial charge >= 0.3 is 0 Å². The fourth-order valence-electron chi connectivity index (χ4n) is 5.77. The number of anilines is 1. The predicted octanol–water partition coefficient (Wildman–Crippen LogP) is 4.00. The zero-order valence-electron chi connectivity index (χ0n) is 19.8. The number of amides is 2. The lowest BCUT2D eigenvalue weighted by atomic mass is 9.77. The molecule has 0 N–H and O–H groups in total. The van der Waals surface area contributed by atoms with Crippen LogP contribution in [0.5, 0.6) is 11.5 Å². The van der Waals surface area contributed by atoms with Gasteiger partial charge in [0.2, 0.25) is 5.91 Å². The largest absolute Gasteiger partial charge is 0.493 e. The van der Waals surface area contributed by atoms with Crippen molar-refractivity contribution in [3.8, 4) is 11.5 Å². The summed E-state index contributed by atoms with van der Waals surface area (Å²) in [6, 6.07) is 15.4. The summed E-state index contributed by atoms with van der Waals surface area (Å²) in [7, 11) is 3.19. The molecule has 1 aliphatic carbocycles. The van der Waals surface area contributed by atoms with Crippen molar-refractivity contribution in [1.29, 1.82) is 0 Å². The molecule has 0 aromatic heterocycles. The van der Waals surface area contributed by atoms with Crippen molar-refractivity contribution >= 4 is 17.5 Å². The second-order valence-corrected chi connectivity index (χ2v) is 9.37. The summed E-state index contributed by atoms with van der Waals surface area (Å²) in [5.74, 6) is 0.834. The van der Waals surface area contributed by atoms with E-state index in [1.54, 1.807) is 14.2 Å². The first-order valence-electron chi connectivity index (χ1n) is 12.2. The maximum atomic E-state index is 13.6. The van der Waals surface area contributed by atoms with Crippen LogP contribution < -0.4 is 14.5 Å². The summed E-state index contributed by atoms with van der Waals surface area (Å²) in [5, 5.41) is 1.87. The maximum absolute atomic E-state index is 13.6. The monoisotopic (exact) mass is 464 g/mol. The minimum atomic E-state index is -0.745. The molecule has 2 saturated heterocycles. The minimum Gasteiger partial charge on any atom is -0.493 e. The number of fused-ring (bicyclic) bond motifs is 1. The molecule has 34 heavy (non-hydrogen) atoms. The van der Waals surface area contributed by atoms with Crippen LogP contribution in [-0.2, 0) is 20.8 Å². The van der Waals surface area contributed by atoms with Crippen LogP contribution in [0, 0.1) is 11.8 Å². The fourth-order valence-corrected chi connectivity index (χ4v) is 5.77. The van der Waals surface area contributed by atoms with Crippen LogP contribution in [0.15, 0.2) is 48.5 Å². The van der Waals surface area contributed by atoms with E-state index in [4.69, 9.17) is 14.3 Å². The van der Waals surface area contributed by atoms with Gasteiger partial charge in [0.15, 0.2) is 17.6 Å². The van der Waals surface area contributed by atoms with Gasteiger partial charge < -0.3 is 9.47 Å². The molecule has 3 atom stereocenters. The van der Waals surface area contributed by atoms with Crippen molar-refractivity contribution in [1.82, 2.24) is 4.90 Å². The molecule has 2 aliphatic heterocycles. The van der Waals surface area contributed by atoms with Gasteiger partial charge in [-0.1, -0.05) is 43.5 Å². The van der Waals surface area contributed by atoms with Crippen LogP contribution in [0.25, 0.3) is 0 Å². The highest BCUT2D eigenvalue weighted by Gasteiger charge is 2.60. The molecule has 1 saturated carbocycles. The van der Waals surface area contributed by atoms with Gasteiger partial charge in [0.25, 0.3) is 5.91 Å². The van der Waals surface area contributed by atoms with E-state index < -0.39 is 12.0 Å². The third-order valence-electron chi connectivity index (χ3n) is 7.47. The summed E-state index contributed by atoms with van der Waals surface area (Å²) >= 11 is 0. The van der Waals surface area contributed by atoms with Crippen molar-refractivity contribution in [2.45, 2.75) is 50.7 Å². The highest BCUT2D eigenvalue weighted by Crippen LogP contribution is 2.45. The lowest BCUT2D eigenvalue weighted by Gasteiger charge is -2.35. The Morgan fingerprint density at radius 3 is 2.35 bits per heavy atom. The first-order valence-corrected chi connectivity index (χ1v) is 12.2. The van der Waals surface area contributed by atoms with Crippen molar-refractivity contribution < 1.29 is 23.9 Å². The van der Waals surface area contributed by atoms with Gasteiger partial charge in [-0.05, 0) is 55.0 Å². The number of ether oxygens (including phenoxy) is 2. The highest BCUT2D eigenvalue weighted by molar-refractivity contribution is 6.07. The highest BCUT2D eigenvalue weighted by atomic mass is 16.7. The SMILES string of the molecule is COc1ccc(CCN2C(=O)[C@H]3[C@@H](ON(c4ccccc4)[C@H]3C3CCCCC3)C2=O)cc1OC. The Morgan fingerprint density at radius 1 is 0.912 bits per heavy atom. The molecule has 3 fully saturated rings. The Balaban J connectivity index is 1.36. The summed E-state index contributed by atoms with van der Waals surface area (Å²) in [6.07, 6.45) is 5.48. The molecule has 180 valence electrons. The molecule has 5 rings (SSSR count). The summed E-state index contributed by atoms with van der Waals surface area (Å²) in [5.41, 5.74) is 1.89. The molecule has 2 aromatic rings. The standard InChI is InChI=1S/C27H32N2O5/c1-32-21-14-13-18(17-22(21)33-2)15-16-28-26(30)23-24(19-9-5-3-6-10-19)29(34-25(23)27(28)31)20-11-7-4-8-12-20/h4,7-8,11-14,17,19,23-25H,3,5-6,9-10,15-16H2,1-2H3/t23-,24+,25-/m1/s1. The molecule has 2 aromatic carbocycles. The van der Waals surface area contributed by atoms with E-state index in [2.05, 4.69) is 0 Å². The first-order chi connectivity index (χ1) is 16.6. The summed E-state index contributed by atoms with van der Waals surface area (Å²) in [4.78, 5) is 34.6. The second-order valence-electron chi connectivity index (χ2n) is 9.37. The molecule has 0 bridgehead atoms. The average Bonchev–Trinajstić information content (AvgIpc) is 3.39. The Labute approximate surface area is 200 Å². The van der Waals surface area contributed by atoms with E-state index in [-0.39, 0.29) is 17.9 Å². The van der Waals surface area contributed by atoms with Gasteiger partial charge in [0.05, 0.1) is 31.9 Å². The predicted molar refractivity (Wildman–Crippen MR) is 128 cm³/mol. The number of nitrogens with zero attached hydrogens (tertiary/aromatic N) is 2. The molecular formula is C27H32N2O5. The Bertz CT molecular complexity index is 1040. The number of carbonyl (C=O) groups is 2. The number of hydrogen-bond donors (Lipinski definition) is 0. The number of carbonyl (C=O) groups excluding carboxylic acids is 2. The van der Waals surface area contributed by atoms with E-state index >= 15 is 0 Å². The normalized spacial score (nSPS) is 25.1. The Kier molecular flexibility index (Phi) is 6.46. The van der Waals surface area contributed by atoms with Crippen molar-refractivity contribution in [3.05, 3.63) is 54.1 Å². The number of hydroxylamine groups is 1. The molecule has 0 unspecified atom stereocenters. The van der Waals surface area contributed by atoms with E-state index in [1.807, 2.05) is 53.6 Å². The third kappa shape index (κ3) is 4.02. The van der Waals surface area contributed by atoms with Crippen LogP contribution in [0.4, 0.5) is 5.69 Å². The number of rotatable bonds is 7. The minimum absolute atomic E-state index is 0.107. The smallest absolute Gasteiger partial charge is 0.261 e. The van der Waals surface area contributed by atoms with E-state index in [0.29, 0.717) is 30.4 Å². The molecule has 7 heteroatoms. The molecule has 7 nitrogen and oxygen atoms in total. The number of hydrogen-bond acceptors (Lipinski definition) is 6. The first kappa shape index (κ1) is 22.7. The number of imide groups is 1. The summed E-state index contributed by atoms with van der Waals surface area (Å²) < 4.78 is 10.7. The van der Waals surface area contributed by atoms with E-state index in [0.717, 1.165) is 36.9 Å². The molecular weight excluding hydrogens is 432 g/mol. The number of para-hydroxylation sites is 1. The van der Waals surface area contributed by atoms with E-state index in [9.17, 15) is 9.59 Å². The maximum Gasteiger partial charge on any atom is 0.261 e. The van der Waals surface area contributed by atoms with Gasteiger partial charge in [-0.25, -0.2) is 5.06 Å². The van der Waals surface area contributed by atoms with Crippen LogP contribution in [0.1, 0.15) is 37.7 Å². The van der Waals surface area contributed by atoms with E-state index in [1.165, 1.54) is 11.3 Å². The number of benzene rings is 2. The lowest BCUT2D eigenvalue weighted by molar-refractivity contribution is -0.143. The van der Waals surface area contributed by atoms with Gasteiger partial charge in [-0.15, -0.1) is 0 Å². The Morgan fingerprint density at radius 2 is 1.65 bits per heavy atom. The third-order valence-corrected chi connectivity index (χ3v) is 7.47. The topological polar surface area (TPSA) is 68.3 Å². The molecule has 0 spiro atoms. The lowest BCUT2D eigenvalue weighted by Crippen LogP contribution is -2.45. The average molecular weight is 465 g/mol. The summed E-state index contributed by atoms with van der Waals surface area (Å²) in [6.45, 7) is 0.326.